The first kappa shape index (κ1) is 14.5. The smallest absolute Gasteiger partial charge is 0.246 e. The molecule has 1 aliphatic carbocycles. The lowest BCUT2D eigenvalue weighted by atomic mass is 9.83. The largest absolute Gasteiger partial charge is 0.489 e. The number of hydrogen-bond donors (Lipinski definition) is 2. The van der Waals surface area contributed by atoms with Gasteiger partial charge in [0.1, 0.15) is 12.4 Å². The molecular weight excluding hydrogens is 280 g/mol. The van der Waals surface area contributed by atoms with Gasteiger partial charge in [-0.15, -0.1) is 0 Å². The summed E-state index contributed by atoms with van der Waals surface area (Å²) < 4.78 is 5.80. The Kier molecular flexibility index (Phi) is 4.34. The minimum absolute atomic E-state index is 0.173. The molecule has 2 aromatic rings. The Balaban J connectivity index is 1.69. The van der Waals surface area contributed by atoms with Crippen LogP contribution in [0.25, 0.3) is 0 Å². The van der Waals surface area contributed by atoms with Crippen molar-refractivity contribution in [3.05, 3.63) is 59.4 Å². The second-order valence-corrected chi connectivity index (χ2v) is 5.49. The topological polar surface area (TPSA) is 71.5 Å². The normalized spacial score (nSPS) is 16.7. The van der Waals surface area contributed by atoms with Crippen LogP contribution in [0.5, 0.6) is 5.75 Å². The summed E-state index contributed by atoms with van der Waals surface area (Å²) in [4.78, 5) is 15.6. The highest BCUT2D eigenvalue weighted by Gasteiger charge is 2.24. The van der Waals surface area contributed by atoms with Crippen LogP contribution in [-0.4, -0.2) is 16.1 Å². The van der Waals surface area contributed by atoms with E-state index in [0.29, 0.717) is 13.0 Å². The molecule has 1 aromatic heterocycles. The molecule has 1 unspecified atom stereocenters. The maximum absolute atomic E-state index is 11.6. The summed E-state index contributed by atoms with van der Waals surface area (Å²) in [6.45, 7) is 0.488. The lowest BCUT2D eigenvalue weighted by Crippen LogP contribution is -2.31. The van der Waals surface area contributed by atoms with Gasteiger partial charge in [0.2, 0.25) is 5.91 Å². The van der Waals surface area contributed by atoms with Crippen LogP contribution in [0.3, 0.4) is 0 Å². The van der Waals surface area contributed by atoms with Crippen LogP contribution in [0.1, 0.15) is 23.1 Å². The van der Waals surface area contributed by atoms with E-state index in [2.05, 4.69) is 11.1 Å². The molecule has 0 fully saturated rings. The number of carbonyl (C=O) groups is 1. The molecule has 2 N–H and O–H groups in total. The molecule has 1 amide bonds. The van der Waals surface area contributed by atoms with Crippen molar-refractivity contribution in [2.24, 2.45) is 5.92 Å². The lowest BCUT2D eigenvalue weighted by Gasteiger charge is -2.23. The highest BCUT2D eigenvalue weighted by molar-refractivity contribution is 5.78. The van der Waals surface area contributed by atoms with Crippen molar-refractivity contribution in [1.82, 2.24) is 10.5 Å². The zero-order chi connectivity index (χ0) is 15.4. The summed E-state index contributed by atoms with van der Waals surface area (Å²) in [6.07, 6.45) is 5.72. The molecule has 3 rings (SSSR count). The van der Waals surface area contributed by atoms with Gasteiger partial charge in [0.25, 0.3) is 0 Å². The minimum Gasteiger partial charge on any atom is -0.489 e. The van der Waals surface area contributed by atoms with E-state index in [9.17, 15) is 4.79 Å². The van der Waals surface area contributed by atoms with Crippen molar-refractivity contribution in [3.8, 4) is 5.75 Å². The molecule has 0 aliphatic heterocycles. The second kappa shape index (κ2) is 6.58. The fourth-order valence-corrected chi connectivity index (χ4v) is 2.78. The van der Waals surface area contributed by atoms with Gasteiger partial charge in [0.05, 0.1) is 0 Å². The van der Waals surface area contributed by atoms with Gasteiger partial charge in [-0.05, 0) is 60.2 Å². The number of hydroxylamine groups is 1. The number of fused-ring (bicyclic) bond motifs is 1. The first-order valence-electron chi connectivity index (χ1n) is 7.33. The molecular formula is C17H18N2O3. The third-order valence-electron chi connectivity index (χ3n) is 4.04. The van der Waals surface area contributed by atoms with Gasteiger partial charge >= 0.3 is 0 Å². The molecule has 0 saturated heterocycles. The van der Waals surface area contributed by atoms with E-state index < -0.39 is 0 Å². The highest BCUT2D eigenvalue weighted by atomic mass is 16.5. The van der Waals surface area contributed by atoms with E-state index in [1.54, 1.807) is 17.9 Å². The van der Waals surface area contributed by atoms with Gasteiger partial charge in [-0.2, -0.15) is 0 Å². The minimum atomic E-state index is -0.311. The number of aryl methyl sites for hydroxylation is 1. The number of ether oxygens (including phenoxy) is 1. The van der Waals surface area contributed by atoms with E-state index in [0.717, 1.165) is 29.7 Å². The van der Waals surface area contributed by atoms with E-state index >= 15 is 0 Å². The third-order valence-corrected chi connectivity index (χ3v) is 4.04. The predicted octanol–water partition coefficient (Wildman–Crippen LogP) is 2.27. The molecule has 5 heteroatoms. The summed E-state index contributed by atoms with van der Waals surface area (Å²) in [5, 5.41) is 8.77. The number of benzene rings is 1. The predicted molar refractivity (Wildman–Crippen MR) is 80.5 cm³/mol. The van der Waals surface area contributed by atoms with Crippen molar-refractivity contribution < 1.29 is 14.7 Å². The maximum Gasteiger partial charge on any atom is 0.246 e. The molecule has 5 nitrogen and oxygen atoms in total. The lowest BCUT2D eigenvalue weighted by molar-refractivity contribution is -0.133. The van der Waals surface area contributed by atoms with Crippen molar-refractivity contribution >= 4 is 5.91 Å². The molecule has 1 aromatic carbocycles. The number of nitrogens with one attached hydrogen (secondary N) is 1. The summed E-state index contributed by atoms with van der Waals surface area (Å²) in [5.74, 6) is 0.308. The Bertz CT molecular complexity index is 658. The Morgan fingerprint density at radius 2 is 2.09 bits per heavy atom. The van der Waals surface area contributed by atoms with Crippen molar-refractivity contribution in [1.29, 1.82) is 0 Å². The van der Waals surface area contributed by atoms with Crippen LogP contribution in [0.15, 0.2) is 42.7 Å². The number of carbonyl (C=O) groups excluding carboxylic acids is 1. The van der Waals surface area contributed by atoms with Gasteiger partial charge in [-0.3, -0.25) is 15.0 Å². The van der Waals surface area contributed by atoms with Gasteiger partial charge in [-0.25, -0.2) is 5.48 Å². The Morgan fingerprint density at radius 1 is 1.27 bits per heavy atom. The summed E-state index contributed by atoms with van der Waals surface area (Å²) in [5.41, 5.74) is 5.18. The Hall–Kier alpha value is -2.40. The van der Waals surface area contributed by atoms with E-state index in [1.807, 2.05) is 24.3 Å². The molecule has 0 saturated carbocycles. The zero-order valence-electron chi connectivity index (χ0n) is 12.2. The van der Waals surface area contributed by atoms with Gasteiger partial charge in [0.15, 0.2) is 0 Å². The second-order valence-electron chi connectivity index (χ2n) is 5.49. The van der Waals surface area contributed by atoms with Gasteiger partial charge < -0.3 is 4.74 Å². The molecule has 1 atom stereocenters. The maximum atomic E-state index is 11.6. The fraction of sp³-hybridized carbons (Fsp3) is 0.294. The molecule has 0 spiro atoms. The standard InChI is InChI=1S/C17H18N2O3/c20-17(19-21)14-2-1-13-3-4-16(10-15(13)9-14)22-11-12-5-7-18-8-6-12/h3-8,10,14,21H,1-2,9,11H2,(H,19,20). The summed E-state index contributed by atoms with van der Waals surface area (Å²) >= 11 is 0. The molecule has 114 valence electrons. The van der Waals surface area contributed by atoms with E-state index in [1.165, 1.54) is 5.56 Å². The molecule has 1 aliphatic rings. The fourth-order valence-electron chi connectivity index (χ4n) is 2.78. The highest BCUT2D eigenvalue weighted by Crippen LogP contribution is 2.29. The molecule has 22 heavy (non-hydrogen) atoms. The Labute approximate surface area is 128 Å². The van der Waals surface area contributed by atoms with E-state index in [-0.39, 0.29) is 11.8 Å². The quantitative estimate of drug-likeness (QED) is 0.671. The number of amides is 1. The van der Waals surface area contributed by atoms with Crippen LogP contribution in [0, 0.1) is 5.92 Å². The van der Waals surface area contributed by atoms with Crippen LogP contribution in [-0.2, 0) is 24.2 Å². The number of aromatic nitrogens is 1. The van der Waals surface area contributed by atoms with Gasteiger partial charge in [-0.1, -0.05) is 6.07 Å². The van der Waals surface area contributed by atoms with Crippen molar-refractivity contribution in [2.45, 2.75) is 25.9 Å². The number of pyridine rings is 1. The van der Waals surface area contributed by atoms with Crippen molar-refractivity contribution in [2.75, 3.05) is 0 Å². The molecule has 0 bridgehead atoms. The average molecular weight is 298 g/mol. The first-order valence-corrected chi connectivity index (χ1v) is 7.33. The van der Waals surface area contributed by atoms with Crippen LogP contribution < -0.4 is 10.2 Å². The number of rotatable bonds is 4. The van der Waals surface area contributed by atoms with Crippen LogP contribution in [0.4, 0.5) is 0 Å². The monoisotopic (exact) mass is 298 g/mol. The third kappa shape index (κ3) is 3.26. The SMILES string of the molecule is O=C(NO)C1CCc2ccc(OCc3ccncc3)cc2C1. The van der Waals surface area contributed by atoms with Gasteiger partial charge in [0, 0.05) is 18.3 Å². The summed E-state index contributed by atoms with van der Waals surface area (Å²) in [6, 6.07) is 9.85. The molecule has 1 heterocycles. The number of hydrogen-bond acceptors (Lipinski definition) is 4. The summed E-state index contributed by atoms with van der Waals surface area (Å²) in [7, 11) is 0. The average Bonchev–Trinajstić information content (AvgIpc) is 2.59. The number of nitrogens with zero attached hydrogens (tertiary/aromatic N) is 1. The zero-order valence-corrected chi connectivity index (χ0v) is 12.2. The van der Waals surface area contributed by atoms with Crippen LogP contribution in [0.2, 0.25) is 0 Å². The first-order chi connectivity index (χ1) is 10.8. The van der Waals surface area contributed by atoms with Crippen molar-refractivity contribution in [3.63, 3.8) is 0 Å². The van der Waals surface area contributed by atoms with E-state index in [4.69, 9.17) is 9.94 Å². The molecule has 0 radical (unpaired) electrons. The van der Waals surface area contributed by atoms with Crippen LogP contribution >= 0.6 is 0 Å². The Morgan fingerprint density at radius 3 is 2.86 bits per heavy atom.